The minimum Gasteiger partial charge on any atom is -0.310 e. The molecule has 0 aliphatic rings. The lowest BCUT2D eigenvalue weighted by molar-refractivity contribution is -0.119. The zero-order valence-electron chi connectivity index (χ0n) is 12.6. The lowest BCUT2D eigenvalue weighted by Crippen LogP contribution is -2.35. The van der Waals surface area contributed by atoms with Gasteiger partial charge in [0.05, 0.1) is 0 Å². The van der Waals surface area contributed by atoms with Gasteiger partial charge in [-0.25, -0.2) is 4.68 Å². The van der Waals surface area contributed by atoms with E-state index in [4.69, 9.17) is 0 Å². The third-order valence-electron chi connectivity index (χ3n) is 3.52. The second kappa shape index (κ2) is 7.31. The Labute approximate surface area is 134 Å². The lowest BCUT2D eigenvalue weighted by atomic mass is 10.1. The van der Waals surface area contributed by atoms with E-state index in [1.807, 2.05) is 48.5 Å². The summed E-state index contributed by atoms with van der Waals surface area (Å²) in [7, 11) is 0. The number of hydrogen-bond acceptors (Lipinski definition) is 4. The van der Waals surface area contributed by atoms with Gasteiger partial charge >= 0.3 is 0 Å². The van der Waals surface area contributed by atoms with Crippen LogP contribution in [0.2, 0.25) is 0 Å². The van der Waals surface area contributed by atoms with Crippen LogP contribution in [-0.2, 0) is 17.8 Å². The second-order valence-electron chi connectivity index (χ2n) is 5.12. The topological polar surface area (TPSA) is 63.9 Å². The highest BCUT2D eigenvalue weighted by Gasteiger charge is 2.16. The summed E-state index contributed by atoms with van der Waals surface area (Å²) < 4.78 is 1.43. The molecule has 0 saturated heterocycles. The van der Waals surface area contributed by atoms with E-state index in [2.05, 4.69) is 27.7 Å². The molecule has 6 nitrogen and oxygen atoms in total. The van der Waals surface area contributed by atoms with Gasteiger partial charge in [0.15, 0.2) is 0 Å². The number of amides is 1. The number of aromatic nitrogens is 4. The Morgan fingerprint density at radius 1 is 1.00 bits per heavy atom. The summed E-state index contributed by atoms with van der Waals surface area (Å²) in [6.45, 7) is 0.728. The normalized spacial score (nSPS) is 10.4. The summed E-state index contributed by atoms with van der Waals surface area (Å²) >= 11 is 0. The van der Waals surface area contributed by atoms with Crippen LogP contribution >= 0.6 is 0 Å². The van der Waals surface area contributed by atoms with Gasteiger partial charge in [0.1, 0.15) is 12.9 Å². The number of tetrazole rings is 1. The van der Waals surface area contributed by atoms with Gasteiger partial charge in [0.25, 0.3) is 0 Å². The molecule has 0 unspecified atom stereocenters. The van der Waals surface area contributed by atoms with E-state index in [0.717, 1.165) is 12.1 Å². The largest absolute Gasteiger partial charge is 0.310 e. The highest BCUT2D eigenvalue weighted by Crippen LogP contribution is 2.15. The van der Waals surface area contributed by atoms with Crippen LogP contribution in [0.3, 0.4) is 0 Å². The van der Waals surface area contributed by atoms with Crippen LogP contribution in [0.4, 0.5) is 5.69 Å². The number of carbonyl (C=O) groups excluding carboxylic acids is 1. The van der Waals surface area contributed by atoms with E-state index in [-0.39, 0.29) is 12.5 Å². The van der Waals surface area contributed by atoms with Gasteiger partial charge in [0.2, 0.25) is 5.91 Å². The van der Waals surface area contributed by atoms with Crippen LogP contribution in [0.15, 0.2) is 67.0 Å². The molecule has 1 amide bonds. The van der Waals surface area contributed by atoms with Crippen molar-refractivity contribution in [2.45, 2.75) is 13.0 Å². The molecule has 0 N–H and O–H groups in total. The van der Waals surface area contributed by atoms with E-state index >= 15 is 0 Å². The molecule has 3 aromatic rings. The third-order valence-corrected chi connectivity index (χ3v) is 3.52. The summed E-state index contributed by atoms with van der Waals surface area (Å²) in [5, 5.41) is 10.9. The fourth-order valence-corrected chi connectivity index (χ4v) is 2.37. The SMILES string of the molecule is O=C(Cn1cnnn1)N(CCc1ccccc1)c1ccccc1. The van der Waals surface area contributed by atoms with Crippen molar-refractivity contribution < 1.29 is 4.79 Å². The first-order chi connectivity index (χ1) is 11.3. The second-order valence-corrected chi connectivity index (χ2v) is 5.12. The highest BCUT2D eigenvalue weighted by molar-refractivity contribution is 5.93. The van der Waals surface area contributed by atoms with Gasteiger partial charge in [-0.15, -0.1) is 5.10 Å². The minimum absolute atomic E-state index is 0.0422. The van der Waals surface area contributed by atoms with Crippen LogP contribution in [0.5, 0.6) is 0 Å². The summed E-state index contributed by atoms with van der Waals surface area (Å²) in [4.78, 5) is 14.4. The van der Waals surface area contributed by atoms with Crippen molar-refractivity contribution in [3.63, 3.8) is 0 Å². The number of hydrogen-bond donors (Lipinski definition) is 0. The standard InChI is InChI=1S/C17H17N5O/c23-17(13-21-14-18-19-20-21)22(16-9-5-2-6-10-16)12-11-15-7-3-1-4-8-15/h1-10,14H,11-13H2. The van der Waals surface area contributed by atoms with Crippen molar-refractivity contribution in [3.05, 3.63) is 72.6 Å². The molecule has 0 aliphatic carbocycles. The Morgan fingerprint density at radius 2 is 1.70 bits per heavy atom. The van der Waals surface area contributed by atoms with Crippen LogP contribution in [0, 0.1) is 0 Å². The van der Waals surface area contributed by atoms with E-state index in [9.17, 15) is 4.79 Å². The maximum Gasteiger partial charge on any atom is 0.248 e. The average Bonchev–Trinajstić information content (AvgIpc) is 3.10. The third kappa shape index (κ3) is 4.00. The maximum absolute atomic E-state index is 12.6. The molecule has 0 saturated carbocycles. The van der Waals surface area contributed by atoms with Gasteiger partial charge in [-0.3, -0.25) is 4.79 Å². The molecular weight excluding hydrogens is 290 g/mol. The predicted molar refractivity (Wildman–Crippen MR) is 86.8 cm³/mol. The van der Waals surface area contributed by atoms with Crippen molar-refractivity contribution in [3.8, 4) is 0 Å². The van der Waals surface area contributed by atoms with Crippen molar-refractivity contribution in [2.24, 2.45) is 0 Å². The Hall–Kier alpha value is -3.02. The van der Waals surface area contributed by atoms with E-state index in [1.165, 1.54) is 16.6 Å². The average molecular weight is 307 g/mol. The zero-order valence-corrected chi connectivity index (χ0v) is 12.6. The van der Waals surface area contributed by atoms with Crippen molar-refractivity contribution in [1.29, 1.82) is 0 Å². The molecule has 0 atom stereocenters. The van der Waals surface area contributed by atoms with Crippen LogP contribution in [0.25, 0.3) is 0 Å². The summed E-state index contributed by atoms with van der Waals surface area (Å²) in [6.07, 6.45) is 2.23. The molecule has 3 rings (SSSR count). The number of carbonyl (C=O) groups is 1. The van der Waals surface area contributed by atoms with Gasteiger partial charge in [-0.2, -0.15) is 0 Å². The Bertz CT molecular complexity index is 728. The lowest BCUT2D eigenvalue weighted by Gasteiger charge is -2.22. The molecule has 116 valence electrons. The number of benzene rings is 2. The Balaban J connectivity index is 1.75. The Kier molecular flexibility index (Phi) is 4.73. The number of anilines is 1. The summed E-state index contributed by atoms with van der Waals surface area (Å²) in [6, 6.07) is 19.8. The smallest absolute Gasteiger partial charge is 0.248 e. The monoisotopic (exact) mass is 307 g/mol. The fourth-order valence-electron chi connectivity index (χ4n) is 2.37. The van der Waals surface area contributed by atoms with Crippen LogP contribution in [-0.4, -0.2) is 32.7 Å². The zero-order chi connectivity index (χ0) is 15.9. The molecule has 0 bridgehead atoms. The number of rotatable bonds is 6. The van der Waals surface area contributed by atoms with Gasteiger partial charge in [-0.1, -0.05) is 48.5 Å². The van der Waals surface area contributed by atoms with Gasteiger partial charge < -0.3 is 4.90 Å². The molecule has 1 aromatic heterocycles. The first kappa shape index (κ1) is 14.9. The van der Waals surface area contributed by atoms with Crippen LogP contribution in [0.1, 0.15) is 5.56 Å². The van der Waals surface area contributed by atoms with Crippen molar-refractivity contribution in [2.75, 3.05) is 11.4 Å². The predicted octanol–water partition coefficient (Wildman–Crippen LogP) is 1.95. The van der Waals surface area contributed by atoms with Crippen molar-refractivity contribution >= 4 is 11.6 Å². The van der Waals surface area contributed by atoms with Gasteiger partial charge in [0, 0.05) is 12.2 Å². The maximum atomic E-state index is 12.6. The first-order valence-corrected chi connectivity index (χ1v) is 7.43. The van der Waals surface area contributed by atoms with E-state index < -0.39 is 0 Å². The molecule has 1 heterocycles. The van der Waals surface area contributed by atoms with Crippen molar-refractivity contribution in [1.82, 2.24) is 20.2 Å². The molecule has 6 heteroatoms. The van der Waals surface area contributed by atoms with Gasteiger partial charge in [-0.05, 0) is 34.5 Å². The molecule has 0 spiro atoms. The minimum atomic E-state index is -0.0422. The van der Waals surface area contributed by atoms with E-state index in [0.29, 0.717) is 6.54 Å². The van der Waals surface area contributed by atoms with Crippen LogP contribution < -0.4 is 4.90 Å². The summed E-state index contributed by atoms with van der Waals surface area (Å²) in [5.41, 5.74) is 2.07. The Morgan fingerprint density at radius 3 is 2.35 bits per heavy atom. The first-order valence-electron chi connectivity index (χ1n) is 7.43. The number of para-hydroxylation sites is 1. The van der Waals surface area contributed by atoms with E-state index in [1.54, 1.807) is 4.90 Å². The fraction of sp³-hybridized carbons (Fsp3) is 0.176. The molecule has 0 aliphatic heterocycles. The molecule has 23 heavy (non-hydrogen) atoms. The number of nitrogens with zero attached hydrogens (tertiary/aromatic N) is 5. The highest BCUT2D eigenvalue weighted by atomic mass is 16.2. The molecule has 2 aromatic carbocycles. The molecule has 0 fully saturated rings. The summed E-state index contributed by atoms with van der Waals surface area (Å²) in [5.74, 6) is -0.0422. The quantitative estimate of drug-likeness (QED) is 0.698. The molecule has 0 radical (unpaired) electrons. The molecular formula is C17H17N5O.